The van der Waals surface area contributed by atoms with E-state index in [0.717, 1.165) is 26.8 Å². The monoisotopic (exact) mass is 484 g/mol. The molecule has 2 amide bonds. The molecule has 0 radical (unpaired) electrons. The second kappa shape index (κ2) is 9.23. The van der Waals surface area contributed by atoms with Crippen molar-refractivity contribution in [2.45, 2.75) is 65.1 Å². The molecular weight excluding hydrogens is 456 g/mol. The largest absolute Gasteiger partial charge is 0.444 e. The Labute approximate surface area is 201 Å². The van der Waals surface area contributed by atoms with Gasteiger partial charge >= 0.3 is 6.09 Å². The standard InChI is InChI=1S/C24H28N4O3S2/c1-14-20(33-15(2)25-14)17-13-32-22(26-17)27-21(29)19-12-11-18(16-9-7-6-8-10-16)28(19)23(30)31-24(3,4)5/h6-10,13,18-19H,11-12H2,1-5H3,(H,26,27,29)/t18-,19+/m1/s1. The third kappa shape index (κ3) is 5.25. The first kappa shape index (κ1) is 23.4. The second-order valence-corrected chi connectivity index (χ2v) is 11.1. The number of nitrogens with one attached hydrogen (secondary N) is 1. The Kier molecular flexibility index (Phi) is 6.54. The molecule has 2 atom stereocenters. The fourth-order valence-electron chi connectivity index (χ4n) is 4.03. The van der Waals surface area contributed by atoms with Gasteiger partial charge in [0.25, 0.3) is 0 Å². The maximum absolute atomic E-state index is 13.3. The molecule has 0 bridgehead atoms. The lowest BCUT2D eigenvalue weighted by Gasteiger charge is -2.32. The second-order valence-electron chi connectivity index (χ2n) is 9.08. The maximum atomic E-state index is 13.3. The summed E-state index contributed by atoms with van der Waals surface area (Å²) < 4.78 is 5.67. The van der Waals surface area contributed by atoms with Gasteiger partial charge in [-0.3, -0.25) is 9.69 Å². The third-order valence-electron chi connectivity index (χ3n) is 5.35. The zero-order chi connectivity index (χ0) is 23.8. The Morgan fingerprint density at radius 1 is 1.12 bits per heavy atom. The van der Waals surface area contributed by atoms with Gasteiger partial charge in [-0.1, -0.05) is 30.3 Å². The molecule has 2 aromatic heterocycles. The van der Waals surface area contributed by atoms with E-state index in [-0.39, 0.29) is 11.9 Å². The van der Waals surface area contributed by atoms with Crippen LogP contribution in [0.5, 0.6) is 0 Å². The van der Waals surface area contributed by atoms with Crippen LogP contribution in [0.1, 0.15) is 55.9 Å². The lowest BCUT2D eigenvalue weighted by atomic mass is 10.1. The van der Waals surface area contributed by atoms with Gasteiger partial charge in [0.05, 0.1) is 27.3 Å². The van der Waals surface area contributed by atoms with Crippen molar-refractivity contribution in [3.8, 4) is 10.6 Å². The number of amides is 2. The first-order valence-corrected chi connectivity index (χ1v) is 12.6. The minimum Gasteiger partial charge on any atom is -0.444 e. The van der Waals surface area contributed by atoms with E-state index in [0.29, 0.717) is 18.0 Å². The average molecular weight is 485 g/mol. The van der Waals surface area contributed by atoms with E-state index < -0.39 is 17.7 Å². The van der Waals surface area contributed by atoms with Crippen molar-refractivity contribution in [2.75, 3.05) is 5.32 Å². The zero-order valence-electron chi connectivity index (χ0n) is 19.4. The summed E-state index contributed by atoms with van der Waals surface area (Å²) in [6.07, 6.45) is 0.754. The normalized spacial score (nSPS) is 18.4. The topological polar surface area (TPSA) is 84.4 Å². The van der Waals surface area contributed by atoms with Gasteiger partial charge in [-0.25, -0.2) is 14.8 Å². The molecular formula is C24H28N4O3S2. The van der Waals surface area contributed by atoms with E-state index in [4.69, 9.17) is 4.74 Å². The van der Waals surface area contributed by atoms with Crippen LogP contribution in [-0.2, 0) is 9.53 Å². The van der Waals surface area contributed by atoms with Crippen LogP contribution >= 0.6 is 22.7 Å². The fraction of sp³-hybridized carbons (Fsp3) is 0.417. The predicted molar refractivity (Wildman–Crippen MR) is 132 cm³/mol. The molecule has 9 heteroatoms. The molecule has 0 unspecified atom stereocenters. The molecule has 0 aliphatic carbocycles. The lowest BCUT2D eigenvalue weighted by Crippen LogP contribution is -2.46. The summed E-state index contributed by atoms with van der Waals surface area (Å²) >= 11 is 2.95. The van der Waals surface area contributed by atoms with E-state index >= 15 is 0 Å². The Balaban J connectivity index is 1.55. The number of aryl methyl sites for hydroxylation is 2. The molecule has 1 aliphatic heterocycles. The molecule has 1 aliphatic rings. The number of hydrogen-bond donors (Lipinski definition) is 1. The van der Waals surface area contributed by atoms with Crippen molar-refractivity contribution in [1.82, 2.24) is 14.9 Å². The first-order valence-electron chi connectivity index (χ1n) is 10.9. The van der Waals surface area contributed by atoms with Crippen LogP contribution in [0.4, 0.5) is 9.93 Å². The summed E-state index contributed by atoms with van der Waals surface area (Å²) in [5.74, 6) is -0.252. The number of hydrogen-bond acceptors (Lipinski definition) is 7. The molecule has 0 saturated carbocycles. The summed E-state index contributed by atoms with van der Waals surface area (Å²) in [6.45, 7) is 9.40. The molecule has 4 rings (SSSR count). The molecule has 7 nitrogen and oxygen atoms in total. The van der Waals surface area contributed by atoms with Crippen molar-refractivity contribution in [2.24, 2.45) is 0 Å². The molecule has 0 spiro atoms. The Morgan fingerprint density at radius 2 is 1.85 bits per heavy atom. The number of aromatic nitrogens is 2. The van der Waals surface area contributed by atoms with Crippen molar-refractivity contribution < 1.29 is 14.3 Å². The molecule has 33 heavy (non-hydrogen) atoms. The minimum atomic E-state index is -0.656. The molecule has 1 saturated heterocycles. The van der Waals surface area contributed by atoms with Crippen LogP contribution in [-0.4, -0.2) is 38.5 Å². The summed E-state index contributed by atoms with van der Waals surface area (Å²) in [5.41, 5.74) is 2.07. The average Bonchev–Trinajstić information content (AvgIpc) is 3.45. The predicted octanol–water partition coefficient (Wildman–Crippen LogP) is 5.96. The molecule has 1 fully saturated rings. The number of nitrogens with zero attached hydrogens (tertiary/aromatic N) is 3. The van der Waals surface area contributed by atoms with E-state index in [1.54, 1.807) is 16.2 Å². The summed E-state index contributed by atoms with van der Waals surface area (Å²) in [5, 5.41) is 6.33. The number of carbonyl (C=O) groups is 2. The summed E-state index contributed by atoms with van der Waals surface area (Å²) in [6, 6.07) is 8.93. The number of anilines is 1. The highest BCUT2D eigenvalue weighted by atomic mass is 32.1. The van der Waals surface area contributed by atoms with Crippen LogP contribution in [0.25, 0.3) is 10.6 Å². The Hall–Kier alpha value is -2.78. The zero-order valence-corrected chi connectivity index (χ0v) is 21.0. The minimum absolute atomic E-state index is 0.216. The van der Waals surface area contributed by atoms with Gasteiger partial charge in [0, 0.05) is 5.38 Å². The summed E-state index contributed by atoms with van der Waals surface area (Å²) in [7, 11) is 0. The molecule has 3 heterocycles. The van der Waals surface area contributed by atoms with Gasteiger partial charge in [-0.15, -0.1) is 22.7 Å². The number of likely N-dealkylation sites (tertiary alicyclic amines) is 1. The van der Waals surface area contributed by atoms with Crippen LogP contribution in [0.15, 0.2) is 35.7 Å². The highest BCUT2D eigenvalue weighted by Crippen LogP contribution is 2.38. The Bertz CT molecular complexity index is 1150. The van der Waals surface area contributed by atoms with Gasteiger partial charge in [0.15, 0.2) is 5.13 Å². The first-order chi connectivity index (χ1) is 15.6. The maximum Gasteiger partial charge on any atom is 0.411 e. The van der Waals surface area contributed by atoms with Gasteiger partial charge < -0.3 is 10.1 Å². The van der Waals surface area contributed by atoms with Crippen LogP contribution in [0.2, 0.25) is 0 Å². The van der Waals surface area contributed by atoms with Crippen molar-refractivity contribution in [1.29, 1.82) is 0 Å². The highest BCUT2D eigenvalue weighted by molar-refractivity contribution is 7.16. The van der Waals surface area contributed by atoms with Gasteiger partial charge in [-0.05, 0) is 53.0 Å². The van der Waals surface area contributed by atoms with E-state index in [2.05, 4.69) is 15.3 Å². The smallest absolute Gasteiger partial charge is 0.411 e. The number of ether oxygens (including phenoxy) is 1. The Morgan fingerprint density at radius 3 is 2.48 bits per heavy atom. The molecule has 3 aromatic rings. The van der Waals surface area contributed by atoms with Crippen LogP contribution in [0.3, 0.4) is 0 Å². The van der Waals surface area contributed by atoms with Crippen molar-refractivity contribution in [3.63, 3.8) is 0 Å². The van der Waals surface area contributed by atoms with Crippen LogP contribution in [0, 0.1) is 13.8 Å². The quantitative estimate of drug-likeness (QED) is 0.494. The molecule has 1 aromatic carbocycles. The van der Waals surface area contributed by atoms with E-state index in [1.807, 2.05) is 70.3 Å². The van der Waals surface area contributed by atoms with Crippen molar-refractivity contribution in [3.05, 3.63) is 52.0 Å². The fourth-order valence-corrected chi connectivity index (χ4v) is 5.69. The highest BCUT2D eigenvalue weighted by Gasteiger charge is 2.43. The number of thiazole rings is 2. The van der Waals surface area contributed by atoms with Crippen LogP contribution < -0.4 is 5.32 Å². The third-order valence-corrected chi connectivity index (χ3v) is 7.20. The lowest BCUT2D eigenvalue weighted by molar-refractivity contribution is -0.120. The van der Waals surface area contributed by atoms with Gasteiger partial charge in [0.1, 0.15) is 11.6 Å². The molecule has 174 valence electrons. The summed E-state index contributed by atoms with van der Waals surface area (Å²) in [4.78, 5) is 38.1. The number of carbonyl (C=O) groups excluding carboxylic acids is 2. The van der Waals surface area contributed by atoms with Crippen molar-refractivity contribution >= 4 is 39.8 Å². The molecule has 1 N–H and O–H groups in total. The van der Waals surface area contributed by atoms with E-state index in [9.17, 15) is 9.59 Å². The van der Waals surface area contributed by atoms with E-state index in [1.165, 1.54) is 11.3 Å². The van der Waals surface area contributed by atoms with Gasteiger partial charge in [-0.2, -0.15) is 0 Å². The SMILES string of the molecule is Cc1nc(C)c(-c2csc(NC(=O)[C@@H]3CC[C@H](c4ccccc4)N3C(=O)OC(C)(C)C)n2)s1. The number of rotatable bonds is 4. The number of benzene rings is 1. The van der Waals surface area contributed by atoms with Gasteiger partial charge in [0.2, 0.25) is 5.91 Å².